The zero-order chi connectivity index (χ0) is 16.5. The predicted octanol–water partition coefficient (Wildman–Crippen LogP) is 5.30. The van der Waals surface area contributed by atoms with Gasteiger partial charge in [-0.05, 0) is 29.2 Å². The van der Waals surface area contributed by atoms with Crippen molar-refractivity contribution in [3.8, 4) is 0 Å². The van der Waals surface area contributed by atoms with Gasteiger partial charge in [-0.25, -0.2) is 0 Å². The molecule has 0 aliphatic carbocycles. The van der Waals surface area contributed by atoms with Crippen molar-refractivity contribution in [2.75, 3.05) is 26.2 Å². The van der Waals surface area contributed by atoms with E-state index < -0.39 is 11.7 Å². The molecule has 0 bridgehead atoms. The summed E-state index contributed by atoms with van der Waals surface area (Å²) in [6.07, 6.45) is -4.33. The quantitative estimate of drug-likeness (QED) is 0.655. The third-order valence-corrected chi connectivity index (χ3v) is 4.36. The SMILES string of the molecule is CC(C)(C)[C@H](c1cc(Br)cc(C(F)(F)F)c1)N1CCNCC1.Cl.Cl. The van der Waals surface area contributed by atoms with Gasteiger partial charge in [-0.15, -0.1) is 24.8 Å². The van der Waals surface area contributed by atoms with Gasteiger partial charge < -0.3 is 5.32 Å². The molecular weight excluding hydrogens is 428 g/mol. The van der Waals surface area contributed by atoms with Gasteiger partial charge in [0.05, 0.1) is 5.56 Å². The van der Waals surface area contributed by atoms with E-state index in [1.165, 1.54) is 6.07 Å². The Labute approximate surface area is 162 Å². The third-order valence-electron chi connectivity index (χ3n) is 3.90. The van der Waals surface area contributed by atoms with Gasteiger partial charge in [0.2, 0.25) is 0 Å². The van der Waals surface area contributed by atoms with E-state index in [1.54, 1.807) is 0 Å². The first-order chi connectivity index (χ1) is 10.1. The van der Waals surface area contributed by atoms with Crippen LogP contribution >= 0.6 is 40.7 Å². The Morgan fingerprint density at radius 2 is 1.58 bits per heavy atom. The summed E-state index contributed by atoms with van der Waals surface area (Å²) in [6.45, 7) is 9.65. The molecule has 1 fully saturated rings. The Bertz CT molecular complexity index is 527. The molecule has 24 heavy (non-hydrogen) atoms. The number of nitrogens with one attached hydrogen (secondary N) is 1. The number of hydrogen-bond donors (Lipinski definition) is 1. The first-order valence-electron chi connectivity index (χ1n) is 7.41. The molecule has 2 nitrogen and oxygen atoms in total. The number of rotatable bonds is 2. The van der Waals surface area contributed by atoms with Crippen molar-refractivity contribution in [3.63, 3.8) is 0 Å². The Balaban J connectivity index is 0.00000264. The molecule has 0 amide bonds. The predicted molar refractivity (Wildman–Crippen MR) is 100 cm³/mol. The van der Waals surface area contributed by atoms with Crippen molar-refractivity contribution in [3.05, 3.63) is 33.8 Å². The van der Waals surface area contributed by atoms with Crippen LogP contribution in [-0.2, 0) is 6.18 Å². The minimum atomic E-state index is -4.33. The third kappa shape index (κ3) is 6.06. The number of piperazine rings is 1. The van der Waals surface area contributed by atoms with Gasteiger partial charge in [0.1, 0.15) is 0 Å². The molecule has 140 valence electrons. The van der Waals surface area contributed by atoms with Gasteiger partial charge in [-0.2, -0.15) is 13.2 Å². The summed E-state index contributed by atoms with van der Waals surface area (Å²) in [7, 11) is 0. The van der Waals surface area contributed by atoms with E-state index in [4.69, 9.17) is 0 Å². The fourth-order valence-corrected chi connectivity index (χ4v) is 3.64. The molecule has 1 aliphatic rings. The van der Waals surface area contributed by atoms with Gasteiger partial charge in [-0.1, -0.05) is 36.7 Å². The molecule has 1 N–H and O–H groups in total. The summed E-state index contributed by atoms with van der Waals surface area (Å²) in [5, 5.41) is 3.29. The van der Waals surface area contributed by atoms with Crippen LogP contribution in [0.3, 0.4) is 0 Å². The molecule has 0 unspecified atom stereocenters. The van der Waals surface area contributed by atoms with Crippen molar-refractivity contribution in [1.29, 1.82) is 0 Å². The summed E-state index contributed by atoms with van der Waals surface area (Å²) in [4.78, 5) is 2.28. The zero-order valence-corrected chi connectivity index (χ0v) is 17.1. The first-order valence-corrected chi connectivity index (χ1v) is 8.21. The minimum Gasteiger partial charge on any atom is -0.314 e. The smallest absolute Gasteiger partial charge is 0.314 e. The molecule has 8 heteroatoms. The van der Waals surface area contributed by atoms with Gasteiger partial charge in [0.25, 0.3) is 0 Å². The van der Waals surface area contributed by atoms with Crippen molar-refractivity contribution in [1.82, 2.24) is 10.2 Å². The van der Waals surface area contributed by atoms with Gasteiger partial charge in [-0.3, -0.25) is 4.90 Å². The van der Waals surface area contributed by atoms with Gasteiger partial charge >= 0.3 is 6.18 Å². The fourth-order valence-electron chi connectivity index (χ4n) is 3.13. The number of alkyl halides is 3. The van der Waals surface area contributed by atoms with Crippen LogP contribution in [0, 0.1) is 5.41 Å². The highest BCUT2D eigenvalue weighted by Gasteiger charge is 2.36. The molecule has 1 aliphatic heterocycles. The van der Waals surface area contributed by atoms with E-state index in [-0.39, 0.29) is 36.3 Å². The van der Waals surface area contributed by atoms with Crippen LogP contribution in [0.25, 0.3) is 0 Å². The molecule has 2 rings (SSSR count). The molecular formula is C16H24BrCl2F3N2. The van der Waals surface area contributed by atoms with Crippen LogP contribution in [0.1, 0.15) is 37.9 Å². The first kappa shape index (κ1) is 24.0. The average molecular weight is 452 g/mol. The highest BCUT2D eigenvalue weighted by molar-refractivity contribution is 9.10. The second kappa shape index (κ2) is 9.08. The number of halogens is 6. The molecule has 1 saturated heterocycles. The normalized spacial score (nSPS) is 17.6. The summed E-state index contributed by atoms with van der Waals surface area (Å²) in [6, 6.07) is 4.20. The largest absolute Gasteiger partial charge is 0.416 e. The Morgan fingerprint density at radius 3 is 2.04 bits per heavy atom. The van der Waals surface area contributed by atoms with Crippen molar-refractivity contribution in [2.24, 2.45) is 5.41 Å². The maximum atomic E-state index is 13.1. The summed E-state index contributed by atoms with van der Waals surface area (Å²) in [5.41, 5.74) is -0.0292. The number of hydrogen-bond acceptors (Lipinski definition) is 2. The lowest BCUT2D eigenvalue weighted by Crippen LogP contribution is -2.48. The Hall–Kier alpha value is -0.0100. The highest BCUT2D eigenvalue weighted by atomic mass is 79.9. The average Bonchev–Trinajstić information content (AvgIpc) is 2.36. The Kier molecular flexibility index (Phi) is 9.08. The van der Waals surface area contributed by atoms with Gasteiger partial charge in [0.15, 0.2) is 0 Å². The fraction of sp³-hybridized carbons (Fsp3) is 0.625. The van der Waals surface area contributed by atoms with E-state index in [9.17, 15) is 13.2 Å². The Morgan fingerprint density at radius 1 is 1.04 bits per heavy atom. The van der Waals surface area contributed by atoms with Crippen LogP contribution in [0.4, 0.5) is 13.2 Å². The lowest BCUT2D eigenvalue weighted by Gasteiger charge is -2.43. The topological polar surface area (TPSA) is 15.3 Å². The van der Waals surface area contributed by atoms with E-state index in [0.717, 1.165) is 37.8 Å². The number of nitrogens with zero attached hydrogens (tertiary/aromatic N) is 1. The van der Waals surface area contributed by atoms with Crippen LogP contribution < -0.4 is 5.32 Å². The minimum absolute atomic E-state index is 0. The maximum absolute atomic E-state index is 13.1. The highest BCUT2D eigenvalue weighted by Crippen LogP contribution is 2.41. The van der Waals surface area contributed by atoms with Crippen LogP contribution in [0.15, 0.2) is 22.7 Å². The summed E-state index contributed by atoms with van der Waals surface area (Å²) < 4.78 is 39.8. The zero-order valence-electron chi connectivity index (χ0n) is 13.9. The second-order valence-corrected chi connectivity index (χ2v) is 7.74. The van der Waals surface area contributed by atoms with E-state index in [2.05, 4.69) is 46.9 Å². The standard InChI is InChI=1S/C16H22BrF3N2.2ClH/c1-15(2,3)14(22-6-4-21-5-7-22)11-8-12(16(18,19)20)10-13(17)9-11;;/h8-10,14,21H,4-7H2,1-3H3;2*1H/t14-;;/m0../s1. The van der Waals surface area contributed by atoms with E-state index >= 15 is 0 Å². The lowest BCUT2D eigenvalue weighted by atomic mass is 9.80. The lowest BCUT2D eigenvalue weighted by molar-refractivity contribution is -0.137. The van der Waals surface area contributed by atoms with E-state index in [0.29, 0.717) is 4.47 Å². The second-order valence-electron chi connectivity index (χ2n) is 6.83. The number of benzene rings is 1. The molecule has 1 aromatic rings. The van der Waals surface area contributed by atoms with E-state index in [1.807, 2.05) is 6.07 Å². The molecule has 1 heterocycles. The van der Waals surface area contributed by atoms with Crippen LogP contribution in [0.2, 0.25) is 0 Å². The molecule has 1 aromatic carbocycles. The molecule has 0 radical (unpaired) electrons. The summed E-state index contributed by atoms with van der Waals surface area (Å²) >= 11 is 3.23. The van der Waals surface area contributed by atoms with Crippen LogP contribution in [0.5, 0.6) is 0 Å². The summed E-state index contributed by atoms with van der Waals surface area (Å²) in [5.74, 6) is 0. The monoisotopic (exact) mass is 450 g/mol. The van der Waals surface area contributed by atoms with Crippen molar-refractivity contribution < 1.29 is 13.2 Å². The molecule has 0 saturated carbocycles. The van der Waals surface area contributed by atoms with Crippen LogP contribution in [-0.4, -0.2) is 31.1 Å². The molecule has 0 aromatic heterocycles. The molecule has 1 atom stereocenters. The van der Waals surface area contributed by atoms with Crippen molar-refractivity contribution in [2.45, 2.75) is 33.0 Å². The molecule has 0 spiro atoms. The van der Waals surface area contributed by atoms with Crippen molar-refractivity contribution >= 4 is 40.7 Å². The maximum Gasteiger partial charge on any atom is 0.416 e. The van der Waals surface area contributed by atoms with Gasteiger partial charge in [0, 0.05) is 36.7 Å².